The van der Waals surface area contributed by atoms with Gasteiger partial charge in [0.15, 0.2) is 0 Å². The van der Waals surface area contributed by atoms with E-state index < -0.39 is 0 Å². The maximum atomic E-state index is 13.5. The van der Waals surface area contributed by atoms with Gasteiger partial charge in [-0.3, -0.25) is 0 Å². The predicted octanol–water partition coefficient (Wildman–Crippen LogP) is 2.93. The van der Waals surface area contributed by atoms with Crippen molar-refractivity contribution >= 4 is 11.6 Å². The third-order valence-electron chi connectivity index (χ3n) is 2.89. The summed E-state index contributed by atoms with van der Waals surface area (Å²) in [5, 5.41) is 0.526. The van der Waals surface area contributed by atoms with Crippen molar-refractivity contribution < 1.29 is 4.39 Å². The molecule has 14 heavy (non-hydrogen) atoms. The fourth-order valence-electron chi connectivity index (χ4n) is 1.99. The molecule has 2 N–H and O–H groups in total. The molecule has 1 aromatic rings. The molecule has 76 valence electrons. The maximum Gasteiger partial charge on any atom is 0.128 e. The van der Waals surface area contributed by atoms with Crippen LogP contribution in [0.5, 0.6) is 0 Å². The molecule has 1 fully saturated rings. The number of halogens is 2. The van der Waals surface area contributed by atoms with Crippen molar-refractivity contribution in [1.29, 1.82) is 0 Å². The second-order valence-corrected chi connectivity index (χ2v) is 4.41. The van der Waals surface area contributed by atoms with Gasteiger partial charge in [-0.2, -0.15) is 0 Å². The Morgan fingerprint density at radius 3 is 2.79 bits per heavy atom. The molecule has 1 saturated carbocycles. The lowest BCUT2D eigenvalue weighted by Gasteiger charge is -2.06. The van der Waals surface area contributed by atoms with Crippen LogP contribution in [0.3, 0.4) is 0 Å². The Morgan fingerprint density at radius 2 is 2.29 bits per heavy atom. The summed E-state index contributed by atoms with van der Waals surface area (Å²) < 4.78 is 13.5. The van der Waals surface area contributed by atoms with Crippen LogP contribution in [0, 0.1) is 11.7 Å². The van der Waals surface area contributed by atoms with Gasteiger partial charge in [-0.25, -0.2) is 4.39 Å². The van der Waals surface area contributed by atoms with E-state index in [1.807, 2.05) is 6.92 Å². The molecule has 1 aliphatic rings. The highest BCUT2D eigenvalue weighted by Gasteiger charge is 2.43. The third kappa shape index (κ3) is 1.64. The van der Waals surface area contributed by atoms with Gasteiger partial charge < -0.3 is 5.73 Å². The van der Waals surface area contributed by atoms with Crippen LogP contribution in [-0.4, -0.2) is 6.04 Å². The highest BCUT2D eigenvalue weighted by atomic mass is 35.5. The van der Waals surface area contributed by atoms with E-state index in [1.54, 1.807) is 12.1 Å². The van der Waals surface area contributed by atoms with Crippen molar-refractivity contribution in [3.63, 3.8) is 0 Å². The predicted molar refractivity (Wildman–Crippen MR) is 55.9 cm³/mol. The Bertz CT molecular complexity index is 331. The minimum atomic E-state index is -0.203. The van der Waals surface area contributed by atoms with E-state index in [1.165, 1.54) is 6.07 Å². The zero-order valence-corrected chi connectivity index (χ0v) is 8.76. The summed E-state index contributed by atoms with van der Waals surface area (Å²) in [5.74, 6) is 0.416. The van der Waals surface area contributed by atoms with Crippen LogP contribution in [-0.2, 0) is 0 Å². The van der Waals surface area contributed by atoms with Crippen LogP contribution in [0.25, 0.3) is 0 Å². The van der Waals surface area contributed by atoms with Gasteiger partial charge in [0.25, 0.3) is 0 Å². The molecule has 3 atom stereocenters. The Kier molecular flexibility index (Phi) is 2.50. The van der Waals surface area contributed by atoms with Gasteiger partial charge >= 0.3 is 0 Å². The first-order valence-corrected chi connectivity index (χ1v) is 5.18. The van der Waals surface area contributed by atoms with Crippen LogP contribution in [0.15, 0.2) is 18.2 Å². The summed E-state index contributed by atoms with van der Waals surface area (Å²) in [6.07, 6.45) is 0.957. The molecule has 0 aliphatic heterocycles. The topological polar surface area (TPSA) is 26.0 Å². The fraction of sp³-hybridized carbons (Fsp3) is 0.455. The molecule has 0 bridgehead atoms. The van der Waals surface area contributed by atoms with E-state index in [9.17, 15) is 4.39 Å². The van der Waals surface area contributed by atoms with Crippen LogP contribution in [0.4, 0.5) is 4.39 Å². The van der Waals surface area contributed by atoms with Gasteiger partial charge in [0.05, 0.1) is 0 Å². The molecule has 0 radical (unpaired) electrons. The molecule has 0 saturated heterocycles. The van der Waals surface area contributed by atoms with Gasteiger partial charge in [0, 0.05) is 16.6 Å². The second kappa shape index (κ2) is 3.52. The minimum Gasteiger partial charge on any atom is -0.328 e. The lowest BCUT2D eigenvalue weighted by molar-refractivity contribution is 0.589. The van der Waals surface area contributed by atoms with E-state index in [0.717, 1.165) is 6.42 Å². The first-order chi connectivity index (χ1) is 6.61. The molecule has 0 heterocycles. The standard InChI is InChI=1S/C11H13ClFN/c1-6(14)7-5-8(7)11-9(12)3-2-4-10(11)13/h2-4,6-8H,5,14H2,1H3/t6-,7-,8+/m1/s1. The summed E-state index contributed by atoms with van der Waals surface area (Å²) in [6, 6.07) is 4.94. The van der Waals surface area contributed by atoms with Crippen molar-refractivity contribution in [2.24, 2.45) is 11.7 Å². The van der Waals surface area contributed by atoms with Gasteiger partial charge in [-0.05, 0) is 37.3 Å². The minimum absolute atomic E-state index is 0.121. The zero-order chi connectivity index (χ0) is 10.3. The van der Waals surface area contributed by atoms with Gasteiger partial charge in [-0.15, -0.1) is 0 Å². The summed E-state index contributed by atoms with van der Waals surface area (Å²) in [5.41, 5.74) is 6.41. The van der Waals surface area contributed by atoms with Crippen LogP contribution < -0.4 is 5.73 Å². The highest BCUT2D eigenvalue weighted by Crippen LogP contribution is 2.51. The van der Waals surface area contributed by atoms with E-state index in [4.69, 9.17) is 17.3 Å². The highest BCUT2D eigenvalue weighted by molar-refractivity contribution is 6.31. The first-order valence-electron chi connectivity index (χ1n) is 4.80. The van der Waals surface area contributed by atoms with Crippen LogP contribution in [0.1, 0.15) is 24.8 Å². The average molecular weight is 214 g/mol. The monoisotopic (exact) mass is 213 g/mol. The molecule has 0 spiro atoms. The maximum absolute atomic E-state index is 13.5. The molecule has 1 aliphatic carbocycles. The molecule has 0 unspecified atom stereocenters. The van der Waals surface area contributed by atoms with Crippen LogP contribution >= 0.6 is 11.6 Å². The number of hydrogen-bond acceptors (Lipinski definition) is 1. The third-order valence-corrected chi connectivity index (χ3v) is 3.22. The summed E-state index contributed by atoms with van der Waals surface area (Å²) in [7, 11) is 0. The number of benzene rings is 1. The summed E-state index contributed by atoms with van der Waals surface area (Å²) in [6.45, 7) is 1.96. The van der Waals surface area contributed by atoms with Crippen molar-refractivity contribution in [3.05, 3.63) is 34.6 Å². The largest absolute Gasteiger partial charge is 0.328 e. The van der Waals surface area contributed by atoms with Crippen molar-refractivity contribution in [1.82, 2.24) is 0 Å². The van der Waals surface area contributed by atoms with Gasteiger partial charge in [-0.1, -0.05) is 17.7 Å². The van der Waals surface area contributed by atoms with E-state index in [2.05, 4.69) is 0 Å². The number of rotatable bonds is 2. The van der Waals surface area contributed by atoms with Gasteiger partial charge in [0.1, 0.15) is 5.82 Å². The quantitative estimate of drug-likeness (QED) is 0.803. The lowest BCUT2D eigenvalue weighted by Crippen LogP contribution is -2.18. The van der Waals surface area contributed by atoms with E-state index in [-0.39, 0.29) is 17.8 Å². The molecular formula is C11H13ClFN. The SMILES string of the molecule is C[C@@H](N)[C@H]1C[C@@H]1c1c(F)cccc1Cl. The molecular weight excluding hydrogens is 201 g/mol. The van der Waals surface area contributed by atoms with Crippen molar-refractivity contribution in [3.8, 4) is 0 Å². The second-order valence-electron chi connectivity index (χ2n) is 4.00. The Balaban J connectivity index is 2.26. The molecule has 0 aromatic heterocycles. The van der Waals surface area contributed by atoms with Crippen LogP contribution in [0.2, 0.25) is 5.02 Å². The van der Waals surface area contributed by atoms with Gasteiger partial charge in [0.2, 0.25) is 0 Å². The number of hydrogen-bond donors (Lipinski definition) is 1. The summed E-state index contributed by atoms with van der Waals surface area (Å²) in [4.78, 5) is 0. The average Bonchev–Trinajstić information content (AvgIpc) is 2.83. The Hall–Kier alpha value is -0.600. The zero-order valence-electron chi connectivity index (χ0n) is 8.00. The molecule has 1 aromatic carbocycles. The molecule has 0 amide bonds. The summed E-state index contributed by atoms with van der Waals surface area (Å²) >= 11 is 5.95. The van der Waals surface area contributed by atoms with Crippen molar-refractivity contribution in [2.75, 3.05) is 0 Å². The molecule has 1 nitrogen and oxygen atoms in total. The van der Waals surface area contributed by atoms with Crippen molar-refractivity contribution in [2.45, 2.75) is 25.3 Å². The smallest absolute Gasteiger partial charge is 0.128 e. The van der Waals surface area contributed by atoms with E-state index >= 15 is 0 Å². The Labute approximate surface area is 88.1 Å². The lowest BCUT2D eigenvalue weighted by atomic mass is 10.1. The first kappa shape index (κ1) is 9.94. The fourth-order valence-corrected chi connectivity index (χ4v) is 2.30. The normalized spacial score (nSPS) is 27.4. The Morgan fingerprint density at radius 1 is 1.57 bits per heavy atom. The molecule has 2 rings (SSSR count). The van der Waals surface area contributed by atoms with E-state index in [0.29, 0.717) is 16.5 Å². The number of nitrogens with two attached hydrogens (primary N) is 1. The molecule has 3 heteroatoms.